The summed E-state index contributed by atoms with van der Waals surface area (Å²) in [6.45, 7) is 6.25. The molecule has 118 valence electrons. The molecule has 0 bridgehead atoms. The first kappa shape index (κ1) is 17.5. The lowest BCUT2D eigenvalue weighted by Gasteiger charge is -2.26. The van der Waals surface area contributed by atoms with Crippen molar-refractivity contribution in [3.63, 3.8) is 0 Å². The monoisotopic (exact) mass is 290 g/mol. The molecule has 0 fully saturated rings. The van der Waals surface area contributed by atoms with E-state index in [9.17, 15) is 0 Å². The lowest BCUT2D eigenvalue weighted by Crippen LogP contribution is -2.42. The fourth-order valence-corrected chi connectivity index (χ4v) is 2.17. The van der Waals surface area contributed by atoms with Crippen LogP contribution in [0.5, 0.6) is 0 Å². The Balaban J connectivity index is 2.52. The number of guanidine groups is 1. The van der Waals surface area contributed by atoms with Crippen LogP contribution in [0.1, 0.15) is 31.9 Å². The van der Waals surface area contributed by atoms with Crippen molar-refractivity contribution in [3.8, 4) is 0 Å². The molecule has 0 aromatic heterocycles. The third-order valence-corrected chi connectivity index (χ3v) is 3.51. The number of aliphatic imine (C=N–C) groups is 1. The third-order valence-electron chi connectivity index (χ3n) is 3.51. The van der Waals surface area contributed by atoms with Gasteiger partial charge in [-0.05, 0) is 32.0 Å². The molecule has 0 radical (unpaired) electrons. The van der Waals surface area contributed by atoms with Crippen LogP contribution in [-0.2, 0) is 0 Å². The molecule has 0 saturated heterocycles. The fraction of sp³-hybridized carbons (Fsp3) is 0.588. The van der Waals surface area contributed by atoms with Gasteiger partial charge in [-0.1, -0.05) is 44.2 Å². The first-order valence-electron chi connectivity index (χ1n) is 7.70. The van der Waals surface area contributed by atoms with E-state index in [-0.39, 0.29) is 0 Å². The number of likely N-dealkylation sites (N-methyl/N-ethyl adjacent to an activating group) is 1. The predicted octanol–water partition coefficient (Wildman–Crippen LogP) is 2.50. The topological polar surface area (TPSA) is 39.7 Å². The molecule has 1 unspecified atom stereocenters. The van der Waals surface area contributed by atoms with Crippen LogP contribution in [-0.4, -0.2) is 45.1 Å². The number of rotatable bonds is 7. The highest BCUT2D eigenvalue weighted by Gasteiger charge is 2.14. The third kappa shape index (κ3) is 6.63. The van der Waals surface area contributed by atoms with Crippen LogP contribution in [0.3, 0.4) is 0 Å². The molecule has 1 aromatic carbocycles. The van der Waals surface area contributed by atoms with E-state index in [0.717, 1.165) is 25.5 Å². The van der Waals surface area contributed by atoms with Crippen molar-refractivity contribution in [3.05, 3.63) is 35.9 Å². The van der Waals surface area contributed by atoms with Gasteiger partial charge in [-0.2, -0.15) is 0 Å². The van der Waals surface area contributed by atoms with E-state index in [1.165, 1.54) is 5.56 Å². The van der Waals surface area contributed by atoms with Crippen LogP contribution < -0.4 is 10.6 Å². The van der Waals surface area contributed by atoms with Crippen molar-refractivity contribution in [1.29, 1.82) is 0 Å². The van der Waals surface area contributed by atoms with Gasteiger partial charge in [0.15, 0.2) is 5.96 Å². The summed E-state index contributed by atoms with van der Waals surface area (Å²) in [6, 6.07) is 10.9. The Kier molecular flexibility index (Phi) is 7.83. The normalized spacial score (nSPS) is 13.6. The van der Waals surface area contributed by atoms with E-state index in [4.69, 9.17) is 0 Å². The predicted molar refractivity (Wildman–Crippen MR) is 91.7 cm³/mol. The smallest absolute Gasteiger partial charge is 0.191 e. The summed E-state index contributed by atoms with van der Waals surface area (Å²) in [6.07, 6.45) is 1.15. The highest BCUT2D eigenvalue weighted by molar-refractivity contribution is 5.79. The first-order chi connectivity index (χ1) is 10.0. The second kappa shape index (κ2) is 9.40. The zero-order valence-electron chi connectivity index (χ0n) is 14.1. The summed E-state index contributed by atoms with van der Waals surface area (Å²) < 4.78 is 0. The molecule has 0 heterocycles. The molecule has 0 amide bonds. The summed E-state index contributed by atoms with van der Waals surface area (Å²) in [5.41, 5.74) is 1.31. The quantitative estimate of drug-likeness (QED) is 0.599. The van der Waals surface area contributed by atoms with Gasteiger partial charge in [0, 0.05) is 20.1 Å². The molecule has 0 aliphatic heterocycles. The van der Waals surface area contributed by atoms with E-state index < -0.39 is 0 Å². The Hall–Kier alpha value is -1.55. The molecule has 1 atom stereocenters. The molecule has 2 N–H and O–H groups in total. The van der Waals surface area contributed by atoms with Crippen LogP contribution in [0.4, 0.5) is 0 Å². The molecule has 21 heavy (non-hydrogen) atoms. The van der Waals surface area contributed by atoms with Crippen LogP contribution >= 0.6 is 0 Å². The number of benzene rings is 1. The van der Waals surface area contributed by atoms with Crippen LogP contribution in [0.2, 0.25) is 0 Å². The van der Waals surface area contributed by atoms with Crippen LogP contribution in [0, 0.1) is 5.92 Å². The van der Waals surface area contributed by atoms with Crippen molar-refractivity contribution in [2.24, 2.45) is 10.9 Å². The minimum absolute atomic E-state index is 0.329. The average molecular weight is 290 g/mol. The van der Waals surface area contributed by atoms with Crippen molar-refractivity contribution in [2.75, 3.05) is 34.2 Å². The van der Waals surface area contributed by atoms with Gasteiger partial charge in [0.1, 0.15) is 0 Å². The highest BCUT2D eigenvalue weighted by atomic mass is 15.2. The lowest BCUT2D eigenvalue weighted by atomic mass is 10.1. The first-order valence-corrected chi connectivity index (χ1v) is 7.70. The Bertz CT molecular complexity index is 412. The zero-order chi connectivity index (χ0) is 15.7. The number of hydrogen-bond donors (Lipinski definition) is 2. The van der Waals surface area contributed by atoms with Crippen molar-refractivity contribution in [2.45, 2.75) is 26.3 Å². The molecular weight excluding hydrogens is 260 g/mol. The maximum absolute atomic E-state index is 4.29. The second-order valence-electron chi connectivity index (χ2n) is 5.95. The lowest BCUT2D eigenvalue weighted by molar-refractivity contribution is 0.298. The zero-order valence-corrected chi connectivity index (χ0v) is 14.1. The van der Waals surface area contributed by atoms with Gasteiger partial charge in [0.2, 0.25) is 0 Å². The van der Waals surface area contributed by atoms with Crippen molar-refractivity contribution < 1.29 is 0 Å². The molecule has 4 heteroatoms. The largest absolute Gasteiger partial charge is 0.356 e. The number of nitrogens with one attached hydrogen (secondary N) is 2. The summed E-state index contributed by atoms with van der Waals surface area (Å²) in [5.74, 6) is 1.58. The van der Waals surface area contributed by atoms with Gasteiger partial charge >= 0.3 is 0 Å². The van der Waals surface area contributed by atoms with Crippen LogP contribution in [0.25, 0.3) is 0 Å². The van der Waals surface area contributed by atoms with Gasteiger partial charge in [0.25, 0.3) is 0 Å². The summed E-state index contributed by atoms with van der Waals surface area (Å²) in [5, 5.41) is 6.79. The number of hydrogen-bond acceptors (Lipinski definition) is 2. The number of nitrogens with zero attached hydrogens (tertiary/aromatic N) is 2. The Morgan fingerprint density at radius 1 is 1.14 bits per heavy atom. The highest BCUT2D eigenvalue weighted by Crippen LogP contribution is 2.16. The minimum Gasteiger partial charge on any atom is -0.356 e. The Labute approximate surface area is 129 Å². The van der Waals surface area contributed by atoms with Crippen LogP contribution in [0.15, 0.2) is 35.3 Å². The molecule has 1 rings (SSSR count). The van der Waals surface area contributed by atoms with E-state index >= 15 is 0 Å². The van der Waals surface area contributed by atoms with Crippen molar-refractivity contribution >= 4 is 5.96 Å². The molecule has 4 nitrogen and oxygen atoms in total. The summed E-state index contributed by atoms with van der Waals surface area (Å²) in [4.78, 5) is 6.51. The van der Waals surface area contributed by atoms with E-state index in [1.807, 2.05) is 7.05 Å². The standard InChI is InChI=1S/C17H30N4/c1-14(2)11-12-19-17(18-3)20-13-16(21(4)5)15-9-7-6-8-10-15/h6-10,14,16H,11-13H2,1-5H3,(H2,18,19,20). The summed E-state index contributed by atoms with van der Waals surface area (Å²) in [7, 11) is 6.03. The Morgan fingerprint density at radius 2 is 1.81 bits per heavy atom. The molecule has 0 spiro atoms. The molecule has 1 aromatic rings. The van der Waals surface area contributed by atoms with Gasteiger partial charge in [-0.25, -0.2) is 0 Å². The SMILES string of the molecule is CN=C(NCCC(C)C)NCC(c1ccccc1)N(C)C. The van der Waals surface area contributed by atoms with Gasteiger partial charge in [0.05, 0.1) is 6.04 Å². The van der Waals surface area contributed by atoms with Crippen molar-refractivity contribution in [1.82, 2.24) is 15.5 Å². The maximum Gasteiger partial charge on any atom is 0.191 e. The molecule has 0 saturated carbocycles. The molecule has 0 aliphatic rings. The van der Waals surface area contributed by atoms with E-state index in [2.05, 4.69) is 78.8 Å². The summed E-state index contributed by atoms with van der Waals surface area (Å²) >= 11 is 0. The molecule has 0 aliphatic carbocycles. The van der Waals surface area contributed by atoms with Gasteiger partial charge in [-0.3, -0.25) is 4.99 Å². The average Bonchev–Trinajstić information content (AvgIpc) is 2.46. The van der Waals surface area contributed by atoms with E-state index in [1.54, 1.807) is 0 Å². The van der Waals surface area contributed by atoms with Gasteiger partial charge in [-0.15, -0.1) is 0 Å². The second-order valence-corrected chi connectivity index (χ2v) is 5.95. The van der Waals surface area contributed by atoms with Gasteiger partial charge < -0.3 is 15.5 Å². The Morgan fingerprint density at radius 3 is 2.33 bits per heavy atom. The minimum atomic E-state index is 0.329. The van der Waals surface area contributed by atoms with E-state index in [0.29, 0.717) is 12.0 Å². The maximum atomic E-state index is 4.29. The fourth-order valence-electron chi connectivity index (χ4n) is 2.17. The molecular formula is C17H30N4.